The Morgan fingerprint density at radius 2 is 1.84 bits per heavy atom. The molecule has 0 radical (unpaired) electrons. The molecule has 4 nitrogen and oxygen atoms in total. The van der Waals surface area contributed by atoms with Crippen molar-refractivity contribution in [1.29, 1.82) is 0 Å². The Morgan fingerprint density at radius 1 is 1.04 bits per heavy atom. The maximum absolute atomic E-state index is 13.4. The average molecular weight is 336 g/mol. The van der Waals surface area contributed by atoms with Crippen LogP contribution in [0, 0.1) is 5.82 Å². The van der Waals surface area contributed by atoms with Crippen molar-refractivity contribution < 1.29 is 14.0 Å². The second-order valence-electron chi connectivity index (χ2n) is 6.29. The van der Waals surface area contributed by atoms with E-state index in [4.69, 9.17) is 0 Å². The van der Waals surface area contributed by atoms with Crippen molar-refractivity contribution in [1.82, 2.24) is 4.90 Å². The summed E-state index contributed by atoms with van der Waals surface area (Å²) in [6.45, 7) is 1.84. The summed E-state index contributed by atoms with van der Waals surface area (Å²) in [5, 5.41) is 0. The Labute approximate surface area is 145 Å². The van der Waals surface area contributed by atoms with Gasteiger partial charge in [0.25, 0.3) is 5.78 Å². The standard InChI is InChI=1S/C20H17FN2O2/c21-16-6-7-18-17(12-16)19(24)20(25)23(18)13-22-10-8-15(9-11-22)14-4-2-1-3-5-14/h1-8,12H,9-11,13H2. The molecule has 0 spiro atoms. The molecule has 0 N–H and O–H groups in total. The molecule has 0 saturated heterocycles. The molecule has 0 saturated carbocycles. The van der Waals surface area contributed by atoms with Crippen molar-refractivity contribution in [2.45, 2.75) is 6.42 Å². The number of hydrogen-bond acceptors (Lipinski definition) is 3. The lowest BCUT2D eigenvalue weighted by atomic mass is 10.00. The van der Waals surface area contributed by atoms with Crippen molar-refractivity contribution in [3.8, 4) is 0 Å². The number of carbonyl (C=O) groups is 2. The molecule has 2 aromatic rings. The van der Waals surface area contributed by atoms with Gasteiger partial charge in [-0.2, -0.15) is 0 Å². The summed E-state index contributed by atoms with van der Waals surface area (Å²) in [5.41, 5.74) is 3.16. The zero-order valence-corrected chi connectivity index (χ0v) is 13.6. The van der Waals surface area contributed by atoms with E-state index in [9.17, 15) is 14.0 Å². The molecule has 0 atom stereocenters. The Balaban J connectivity index is 1.50. The van der Waals surface area contributed by atoms with Gasteiger partial charge < -0.3 is 0 Å². The van der Waals surface area contributed by atoms with Crippen LogP contribution in [-0.4, -0.2) is 36.3 Å². The molecule has 5 heteroatoms. The van der Waals surface area contributed by atoms with E-state index in [0.717, 1.165) is 19.0 Å². The van der Waals surface area contributed by atoms with Crippen LogP contribution in [-0.2, 0) is 4.79 Å². The lowest BCUT2D eigenvalue weighted by molar-refractivity contribution is -0.114. The Hall–Kier alpha value is -2.79. The number of carbonyl (C=O) groups excluding carboxylic acids is 2. The van der Waals surface area contributed by atoms with E-state index in [1.165, 1.54) is 28.2 Å². The predicted molar refractivity (Wildman–Crippen MR) is 93.7 cm³/mol. The van der Waals surface area contributed by atoms with Gasteiger partial charge in [-0.25, -0.2) is 4.39 Å². The fourth-order valence-electron chi connectivity index (χ4n) is 3.37. The lowest BCUT2D eigenvalue weighted by Crippen LogP contribution is -2.42. The lowest BCUT2D eigenvalue weighted by Gasteiger charge is -2.30. The monoisotopic (exact) mass is 336 g/mol. The Morgan fingerprint density at radius 3 is 2.56 bits per heavy atom. The van der Waals surface area contributed by atoms with Crippen LogP contribution >= 0.6 is 0 Å². The quantitative estimate of drug-likeness (QED) is 0.809. The van der Waals surface area contributed by atoms with Crippen LogP contribution in [0.2, 0.25) is 0 Å². The molecule has 2 heterocycles. The van der Waals surface area contributed by atoms with E-state index in [1.54, 1.807) is 0 Å². The highest BCUT2D eigenvalue weighted by Crippen LogP contribution is 2.30. The number of Topliss-reactive ketones (excluding diaryl/α,β-unsaturated/α-hetero) is 1. The predicted octanol–water partition coefficient (Wildman–Crippen LogP) is 3.10. The third kappa shape index (κ3) is 2.87. The largest absolute Gasteiger partial charge is 0.300 e. The van der Waals surface area contributed by atoms with E-state index in [2.05, 4.69) is 23.1 Å². The molecule has 0 unspecified atom stereocenters. The maximum atomic E-state index is 13.4. The molecule has 2 aliphatic heterocycles. The number of benzene rings is 2. The zero-order valence-electron chi connectivity index (χ0n) is 13.6. The smallest absolute Gasteiger partial charge is 0.291 e. The summed E-state index contributed by atoms with van der Waals surface area (Å²) >= 11 is 0. The van der Waals surface area contributed by atoms with Crippen molar-refractivity contribution >= 4 is 23.0 Å². The van der Waals surface area contributed by atoms with Gasteiger partial charge in [-0.15, -0.1) is 0 Å². The summed E-state index contributed by atoms with van der Waals surface area (Å²) in [5.74, 6) is -1.72. The second-order valence-corrected chi connectivity index (χ2v) is 6.29. The molecular formula is C20H17FN2O2. The summed E-state index contributed by atoms with van der Waals surface area (Å²) in [6, 6.07) is 14.1. The first-order chi connectivity index (χ1) is 12.1. The second kappa shape index (κ2) is 6.26. The van der Waals surface area contributed by atoms with Crippen molar-refractivity contribution in [3.05, 3.63) is 71.6 Å². The molecule has 2 aliphatic rings. The van der Waals surface area contributed by atoms with Crippen LogP contribution in [0.4, 0.5) is 10.1 Å². The van der Waals surface area contributed by atoms with E-state index in [1.807, 2.05) is 18.2 Å². The fourth-order valence-corrected chi connectivity index (χ4v) is 3.37. The summed E-state index contributed by atoms with van der Waals surface area (Å²) in [7, 11) is 0. The van der Waals surface area contributed by atoms with Crippen LogP contribution < -0.4 is 4.90 Å². The van der Waals surface area contributed by atoms with Crippen molar-refractivity contribution in [2.75, 3.05) is 24.7 Å². The van der Waals surface area contributed by atoms with Gasteiger partial charge in [0, 0.05) is 13.1 Å². The number of ketones is 1. The van der Waals surface area contributed by atoms with Crippen molar-refractivity contribution in [3.63, 3.8) is 0 Å². The zero-order chi connectivity index (χ0) is 17.4. The molecular weight excluding hydrogens is 319 g/mol. The molecule has 1 amide bonds. The molecule has 25 heavy (non-hydrogen) atoms. The number of halogens is 1. The van der Waals surface area contributed by atoms with Gasteiger partial charge in [0.05, 0.1) is 17.9 Å². The number of amides is 1. The van der Waals surface area contributed by atoms with E-state index >= 15 is 0 Å². The van der Waals surface area contributed by atoms with E-state index < -0.39 is 17.5 Å². The van der Waals surface area contributed by atoms with Crippen LogP contribution in [0.15, 0.2) is 54.6 Å². The first kappa shape index (κ1) is 15.7. The van der Waals surface area contributed by atoms with Gasteiger partial charge in [0.1, 0.15) is 5.82 Å². The van der Waals surface area contributed by atoms with Gasteiger partial charge in [0.15, 0.2) is 0 Å². The SMILES string of the molecule is O=C1C(=O)N(CN2CC=C(c3ccccc3)CC2)c2ccc(F)cc21. The molecule has 126 valence electrons. The van der Waals surface area contributed by atoms with Gasteiger partial charge in [0.2, 0.25) is 0 Å². The van der Waals surface area contributed by atoms with E-state index in [-0.39, 0.29) is 5.56 Å². The molecule has 0 bridgehead atoms. The average Bonchev–Trinajstić information content (AvgIpc) is 2.88. The molecule has 0 aliphatic carbocycles. The van der Waals surface area contributed by atoms with Crippen molar-refractivity contribution in [2.24, 2.45) is 0 Å². The van der Waals surface area contributed by atoms with Crippen LogP contribution in [0.25, 0.3) is 5.57 Å². The number of hydrogen-bond donors (Lipinski definition) is 0. The Kier molecular flexibility index (Phi) is 3.93. The molecule has 0 fully saturated rings. The number of anilines is 1. The summed E-state index contributed by atoms with van der Waals surface area (Å²) in [4.78, 5) is 27.8. The summed E-state index contributed by atoms with van der Waals surface area (Å²) < 4.78 is 13.4. The minimum Gasteiger partial charge on any atom is -0.291 e. The number of nitrogens with zero attached hydrogens (tertiary/aromatic N) is 2. The van der Waals surface area contributed by atoms with Gasteiger partial charge in [-0.05, 0) is 35.8 Å². The molecule has 2 aromatic carbocycles. The first-order valence-corrected chi connectivity index (χ1v) is 8.26. The van der Waals surface area contributed by atoms with Crippen LogP contribution in [0.1, 0.15) is 22.3 Å². The third-order valence-corrected chi connectivity index (χ3v) is 4.71. The third-order valence-electron chi connectivity index (χ3n) is 4.71. The topological polar surface area (TPSA) is 40.6 Å². The molecule has 0 aromatic heterocycles. The maximum Gasteiger partial charge on any atom is 0.300 e. The van der Waals surface area contributed by atoms with Gasteiger partial charge >= 0.3 is 5.91 Å². The van der Waals surface area contributed by atoms with Crippen LogP contribution in [0.5, 0.6) is 0 Å². The first-order valence-electron chi connectivity index (χ1n) is 8.26. The fraction of sp³-hybridized carbons (Fsp3) is 0.200. The summed E-state index contributed by atoms with van der Waals surface area (Å²) in [6.07, 6.45) is 3.04. The van der Waals surface area contributed by atoms with E-state index in [0.29, 0.717) is 18.9 Å². The minimum absolute atomic E-state index is 0.155. The minimum atomic E-state index is -0.632. The highest BCUT2D eigenvalue weighted by Gasteiger charge is 2.36. The number of rotatable bonds is 3. The highest BCUT2D eigenvalue weighted by molar-refractivity contribution is 6.52. The highest BCUT2D eigenvalue weighted by atomic mass is 19.1. The molecule has 4 rings (SSSR count). The van der Waals surface area contributed by atoms with Gasteiger partial charge in [-0.3, -0.25) is 19.4 Å². The number of fused-ring (bicyclic) bond motifs is 1. The normalized spacial score (nSPS) is 17.6. The van der Waals surface area contributed by atoms with Crippen LogP contribution in [0.3, 0.4) is 0 Å². The van der Waals surface area contributed by atoms with Gasteiger partial charge in [-0.1, -0.05) is 36.4 Å². The Bertz CT molecular complexity index is 877.